The van der Waals surface area contributed by atoms with E-state index in [1.54, 1.807) is 21.0 Å². The van der Waals surface area contributed by atoms with Gasteiger partial charge in [-0.2, -0.15) is 4.31 Å². The monoisotopic (exact) mass is 488 g/mol. The van der Waals surface area contributed by atoms with E-state index >= 15 is 0 Å². The number of aromatic amines is 1. The molecular weight excluding hydrogens is 456 g/mol. The number of ether oxygens (including phenoxy) is 1. The highest BCUT2D eigenvalue weighted by Gasteiger charge is 2.36. The molecule has 0 saturated carbocycles. The molecule has 9 nitrogen and oxygen atoms in total. The van der Waals surface area contributed by atoms with Crippen LogP contribution in [0.4, 0.5) is 0 Å². The Labute approximate surface area is 199 Å². The topological polar surface area (TPSA) is 118 Å². The maximum atomic E-state index is 13.0. The number of benzene rings is 1. The Morgan fingerprint density at radius 1 is 1.32 bits per heavy atom. The number of fused-ring (bicyclic) bond motifs is 1. The molecular formula is C24H32N4O5S. The SMILES string of the molecule is COc1ccc2[nH]cc(CCNC(=O)[C@H](C)C3CCN(S(=O)(=O)c4c(C)noc4C)CC3)c2c1. The third-order valence-electron chi connectivity index (χ3n) is 6.85. The van der Waals surface area contributed by atoms with Gasteiger partial charge in [0.15, 0.2) is 5.76 Å². The highest BCUT2D eigenvalue weighted by Crippen LogP contribution is 2.31. The summed E-state index contributed by atoms with van der Waals surface area (Å²) in [6.07, 6.45) is 3.95. The van der Waals surface area contributed by atoms with Crippen molar-refractivity contribution in [3.8, 4) is 5.75 Å². The maximum absolute atomic E-state index is 13.0. The summed E-state index contributed by atoms with van der Waals surface area (Å²) in [5.41, 5.74) is 2.54. The number of nitrogens with one attached hydrogen (secondary N) is 2. The van der Waals surface area contributed by atoms with E-state index in [1.165, 1.54) is 4.31 Å². The number of amides is 1. The van der Waals surface area contributed by atoms with E-state index in [4.69, 9.17) is 9.26 Å². The summed E-state index contributed by atoms with van der Waals surface area (Å²) in [7, 11) is -2.00. The van der Waals surface area contributed by atoms with E-state index in [2.05, 4.69) is 15.5 Å². The molecule has 1 aliphatic rings. The van der Waals surface area contributed by atoms with Crippen molar-refractivity contribution >= 4 is 26.8 Å². The number of sulfonamides is 1. The van der Waals surface area contributed by atoms with Crippen LogP contribution in [0, 0.1) is 25.7 Å². The fourth-order valence-corrected chi connectivity index (χ4v) is 6.54. The second kappa shape index (κ2) is 9.79. The molecule has 34 heavy (non-hydrogen) atoms. The number of nitrogens with zero attached hydrogens (tertiary/aromatic N) is 2. The number of hydrogen-bond acceptors (Lipinski definition) is 6. The second-order valence-electron chi connectivity index (χ2n) is 8.95. The molecule has 1 saturated heterocycles. The molecule has 1 aromatic carbocycles. The zero-order valence-corrected chi connectivity index (χ0v) is 20.9. The molecule has 0 radical (unpaired) electrons. The summed E-state index contributed by atoms with van der Waals surface area (Å²) in [4.78, 5) is 16.2. The fourth-order valence-electron chi connectivity index (χ4n) is 4.77. The first kappa shape index (κ1) is 24.3. The second-order valence-corrected chi connectivity index (χ2v) is 10.8. The van der Waals surface area contributed by atoms with Crippen LogP contribution >= 0.6 is 0 Å². The van der Waals surface area contributed by atoms with E-state index in [0.29, 0.717) is 50.4 Å². The molecule has 10 heteroatoms. The van der Waals surface area contributed by atoms with Gasteiger partial charge in [0.25, 0.3) is 0 Å². The van der Waals surface area contributed by atoms with Crippen molar-refractivity contribution in [1.82, 2.24) is 19.8 Å². The Morgan fingerprint density at radius 3 is 2.71 bits per heavy atom. The lowest BCUT2D eigenvalue weighted by Crippen LogP contribution is -2.43. The highest BCUT2D eigenvalue weighted by atomic mass is 32.2. The van der Waals surface area contributed by atoms with Gasteiger partial charge in [-0.05, 0) is 62.8 Å². The Kier molecular flexibility index (Phi) is 6.99. The third-order valence-corrected chi connectivity index (χ3v) is 9.00. The number of aromatic nitrogens is 2. The summed E-state index contributed by atoms with van der Waals surface area (Å²) in [6, 6.07) is 5.89. The number of aryl methyl sites for hydroxylation is 2. The fraction of sp³-hybridized carbons (Fsp3) is 0.500. The van der Waals surface area contributed by atoms with Crippen LogP contribution in [0.5, 0.6) is 5.75 Å². The van der Waals surface area contributed by atoms with Crippen molar-refractivity contribution in [3.05, 3.63) is 41.4 Å². The normalized spacial score (nSPS) is 16.6. The summed E-state index contributed by atoms with van der Waals surface area (Å²) in [6.45, 7) is 6.47. The number of carbonyl (C=O) groups excluding carboxylic acids is 1. The van der Waals surface area contributed by atoms with Crippen LogP contribution in [-0.2, 0) is 21.2 Å². The van der Waals surface area contributed by atoms with Gasteiger partial charge in [0.2, 0.25) is 15.9 Å². The van der Waals surface area contributed by atoms with Crippen molar-refractivity contribution in [1.29, 1.82) is 0 Å². The molecule has 4 rings (SSSR count). The molecule has 2 N–H and O–H groups in total. The van der Waals surface area contributed by atoms with E-state index < -0.39 is 10.0 Å². The quantitative estimate of drug-likeness (QED) is 0.503. The van der Waals surface area contributed by atoms with Crippen molar-refractivity contribution in [2.75, 3.05) is 26.7 Å². The zero-order valence-electron chi connectivity index (χ0n) is 20.1. The van der Waals surface area contributed by atoms with Gasteiger partial charge < -0.3 is 19.6 Å². The molecule has 0 bridgehead atoms. The van der Waals surface area contributed by atoms with Gasteiger partial charge in [-0.3, -0.25) is 4.79 Å². The smallest absolute Gasteiger partial charge is 0.248 e. The first-order valence-electron chi connectivity index (χ1n) is 11.6. The summed E-state index contributed by atoms with van der Waals surface area (Å²) < 4.78 is 37.9. The van der Waals surface area contributed by atoms with Gasteiger partial charge in [0.05, 0.1) is 7.11 Å². The van der Waals surface area contributed by atoms with Crippen LogP contribution < -0.4 is 10.1 Å². The molecule has 0 aliphatic carbocycles. The van der Waals surface area contributed by atoms with Crippen LogP contribution in [0.2, 0.25) is 0 Å². The number of rotatable bonds is 8. The molecule has 184 valence electrons. The van der Waals surface area contributed by atoms with Gasteiger partial charge in [0, 0.05) is 42.7 Å². The van der Waals surface area contributed by atoms with Crippen molar-refractivity contribution in [3.63, 3.8) is 0 Å². The van der Waals surface area contributed by atoms with E-state index in [9.17, 15) is 13.2 Å². The Hall–Kier alpha value is -2.85. The van der Waals surface area contributed by atoms with Gasteiger partial charge in [-0.1, -0.05) is 12.1 Å². The highest BCUT2D eigenvalue weighted by molar-refractivity contribution is 7.89. The molecule has 3 heterocycles. The molecule has 0 spiro atoms. The van der Waals surface area contributed by atoms with Crippen LogP contribution in [0.3, 0.4) is 0 Å². The van der Waals surface area contributed by atoms with E-state index in [1.807, 2.05) is 31.3 Å². The Bertz CT molecular complexity index is 1250. The van der Waals surface area contributed by atoms with E-state index in [0.717, 1.165) is 22.2 Å². The van der Waals surface area contributed by atoms with E-state index in [-0.39, 0.29) is 22.6 Å². The minimum absolute atomic E-state index is 0.00412. The first-order valence-corrected chi connectivity index (χ1v) is 13.0. The van der Waals surface area contributed by atoms with Gasteiger partial charge >= 0.3 is 0 Å². The molecule has 2 aromatic heterocycles. The first-order chi connectivity index (χ1) is 16.2. The number of piperidine rings is 1. The third kappa shape index (κ3) is 4.69. The summed E-state index contributed by atoms with van der Waals surface area (Å²) in [5.74, 6) is 1.06. The lowest BCUT2D eigenvalue weighted by molar-refractivity contribution is -0.126. The molecule has 3 aromatic rings. The van der Waals surface area contributed by atoms with Gasteiger partial charge in [0.1, 0.15) is 16.3 Å². The largest absolute Gasteiger partial charge is 0.497 e. The zero-order chi connectivity index (χ0) is 24.5. The molecule has 0 unspecified atom stereocenters. The van der Waals surface area contributed by atoms with Crippen LogP contribution in [0.25, 0.3) is 10.9 Å². The lowest BCUT2D eigenvalue weighted by Gasteiger charge is -2.33. The molecule has 1 aliphatic heterocycles. The van der Waals surface area contributed by atoms with Crippen molar-refractivity contribution < 1.29 is 22.5 Å². The predicted molar refractivity (Wildman–Crippen MR) is 128 cm³/mol. The molecule has 1 atom stereocenters. The average Bonchev–Trinajstić information content (AvgIpc) is 3.40. The van der Waals surface area contributed by atoms with Crippen LogP contribution in [0.1, 0.15) is 36.8 Å². The average molecular weight is 489 g/mol. The Balaban J connectivity index is 1.30. The molecule has 1 fully saturated rings. The molecule has 1 amide bonds. The maximum Gasteiger partial charge on any atom is 0.248 e. The number of carbonyl (C=O) groups is 1. The minimum atomic E-state index is -3.65. The van der Waals surface area contributed by atoms with Gasteiger partial charge in [-0.25, -0.2) is 8.42 Å². The Morgan fingerprint density at radius 2 is 2.06 bits per heavy atom. The van der Waals surface area contributed by atoms with Crippen molar-refractivity contribution in [2.45, 2.75) is 44.9 Å². The van der Waals surface area contributed by atoms with Crippen LogP contribution in [-0.4, -0.2) is 55.5 Å². The number of methoxy groups -OCH3 is 1. The number of H-pyrrole nitrogens is 1. The summed E-state index contributed by atoms with van der Waals surface area (Å²) in [5, 5.41) is 7.92. The minimum Gasteiger partial charge on any atom is -0.497 e. The summed E-state index contributed by atoms with van der Waals surface area (Å²) >= 11 is 0. The van der Waals surface area contributed by atoms with Gasteiger partial charge in [-0.15, -0.1) is 0 Å². The predicted octanol–water partition coefficient (Wildman–Crippen LogP) is 3.18. The lowest BCUT2D eigenvalue weighted by atomic mass is 9.85. The van der Waals surface area contributed by atoms with Crippen LogP contribution in [0.15, 0.2) is 33.8 Å². The standard InChI is InChI=1S/C24H32N4O5S/c1-15(18-8-11-28(12-9-18)34(30,31)23-16(2)27-33-17(23)3)24(29)25-10-7-19-14-26-22-6-5-20(32-4)13-21(19)22/h5-6,13-15,18,26H,7-12H2,1-4H3,(H,25,29)/t15-/m1/s1. The number of hydrogen-bond donors (Lipinski definition) is 2. The van der Waals surface area contributed by atoms with Crippen molar-refractivity contribution in [2.24, 2.45) is 11.8 Å².